The van der Waals surface area contributed by atoms with Crippen LogP contribution in [-0.4, -0.2) is 19.5 Å². The normalized spacial score (nSPS) is 12.4. The van der Waals surface area contributed by atoms with Gasteiger partial charge in [0.05, 0.1) is 27.2 Å². The molecule has 0 amide bonds. The molecule has 0 saturated carbocycles. The highest BCUT2D eigenvalue weighted by molar-refractivity contribution is 7.99. The number of hydrogen-bond donors (Lipinski definition) is 1. The highest BCUT2D eigenvalue weighted by Crippen LogP contribution is 2.36. The van der Waals surface area contributed by atoms with Gasteiger partial charge in [-0.3, -0.25) is 9.36 Å². The third-order valence-corrected chi connectivity index (χ3v) is 5.90. The van der Waals surface area contributed by atoms with Crippen LogP contribution < -0.4 is 5.56 Å². The molecule has 5 rings (SSSR count). The Balaban J connectivity index is 1.60. The van der Waals surface area contributed by atoms with Crippen LogP contribution in [0.3, 0.4) is 0 Å². The molecule has 0 bridgehead atoms. The van der Waals surface area contributed by atoms with Crippen molar-refractivity contribution in [1.82, 2.24) is 19.5 Å². The number of H-pyrrole nitrogens is 1. The van der Waals surface area contributed by atoms with Crippen molar-refractivity contribution in [2.75, 3.05) is 0 Å². The number of fused-ring (bicyclic) bond motifs is 2. The number of aromatic nitrogens is 4. The van der Waals surface area contributed by atoms with Crippen LogP contribution in [0.15, 0.2) is 88.8 Å². The minimum absolute atomic E-state index is 0.0772. The van der Waals surface area contributed by atoms with Crippen molar-refractivity contribution in [2.45, 2.75) is 17.3 Å². The molecule has 142 valence electrons. The predicted molar refractivity (Wildman–Crippen MR) is 118 cm³/mol. The van der Waals surface area contributed by atoms with Crippen molar-refractivity contribution in [2.24, 2.45) is 0 Å². The van der Waals surface area contributed by atoms with Gasteiger partial charge in [0.2, 0.25) is 0 Å². The molecule has 5 aromatic rings. The first kappa shape index (κ1) is 17.7. The molecule has 2 aromatic heterocycles. The van der Waals surface area contributed by atoms with Crippen molar-refractivity contribution in [1.29, 1.82) is 0 Å². The number of thioether (sulfide) groups is 1. The lowest BCUT2D eigenvalue weighted by molar-refractivity contribution is 0.883. The molecule has 6 heteroatoms. The molecule has 0 spiro atoms. The molecule has 3 aromatic carbocycles. The summed E-state index contributed by atoms with van der Waals surface area (Å²) in [7, 11) is 0. The molecule has 1 atom stereocenters. The van der Waals surface area contributed by atoms with Crippen LogP contribution in [0.2, 0.25) is 0 Å². The zero-order chi connectivity index (χ0) is 19.8. The first-order valence-electron chi connectivity index (χ1n) is 9.39. The molecule has 0 saturated heterocycles. The highest BCUT2D eigenvalue weighted by Gasteiger charge is 2.18. The third kappa shape index (κ3) is 3.21. The molecule has 1 N–H and O–H groups in total. The number of nitrogens with zero attached hydrogens (tertiary/aromatic N) is 3. The Bertz CT molecular complexity index is 1370. The first-order valence-corrected chi connectivity index (χ1v) is 10.3. The number of benzene rings is 3. The van der Waals surface area contributed by atoms with E-state index < -0.39 is 0 Å². The van der Waals surface area contributed by atoms with Crippen molar-refractivity contribution < 1.29 is 0 Å². The zero-order valence-electron chi connectivity index (χ0n) is 15.7. The van der Waals surface area contributed by atoms with Gasteiger partial charge in [0.25, 0.3) is 5.56 Å². The summed E-state index contributed by atoms with van der Waals surface area (Å²) >= 11 is 1.58. The lowest BCUT2D eigenvalue weighted by Crippen LogP contribution is -2.13. The van der Waals surface area contributed by atoms with Crippen LogP contribution in [0.25, 0.3) is 27.6 Å². The quantitative estimate of drug-likeness (QED) is 0.427. The van der Waals surface area contributed by atoms with Gasteiger partial charge in [0, 0.05) is 5.69 Å². The van der Waals surface area contributed by atoms with Gasteiger partial charge >= 0.3 is 0 Å². The highest BCUT2D eigenvalue weighted by atomic mass is 32.2. The second-order valence-electron chi connectivity index (χ2n) is 6.78. The van der Waals surface area contributed by atoms with Crippen LogP contribution in [-0.2, 0) is 0 Å². The van der Waals surface area contributed by atoms with Gasteiger partial charge in [0.15, 0.2) is 5.16 Å². The lowest BCUT2D eigenvalue weighted by Gasteiger charge is -2.13. The summed E-state index contributed by atoms with van der Waals surface area (Å²) in [5.41, 5.74) is 3.63. The van der Waals surface area contributed by atoms with Gasteiger partial charge in [-0.05, 0) is 43.3 Å². The average Bonchev–Trinajstić information content (AvgIpc) is 3.12. The van der Waals surface area contributed by atoms with E-state index in [1.165, 1.54) is 0 Å². The number of para-hydroxylation sites is 4. The van der Waals surface area contributed by atoms with Crippen LogP contribution in [0.1, 0.15) is 18.0 Å². The van der Waals surface area contributed by atoms with Crippen molar-refractivity contribution in [3.63, 3.8) is 0 Å². The minimum Gasteiger partial charge on any atom is -0.309 e. The van der Waals surface area contributed by atoms with E-state index in [1.807, 2.05) is 61.5 Å². The molecule has 0 aliphatic carbocycles. The van der Waals surface area contributed by atoms with E-state index in [4.69, 9.17) is 4.98 Å². The maximum absolute atomic E-state index is 12.5. The van der Waals surface area contributed by atoms with Crippen LogP contribution in [0, 0.1) is 0 Å². The summed E-state index contributed by atoms with van der Waals surface area (Å²) in [4.78, 5) is 24.9. The second-order valence-corrected chi connectivity index (χ2v) is 8.09. The third-order valence-electron chi connectivity index (χ3n) is 4.84. The van der Waals surface area contributed by atoms with Gasteiger partial charge in [-0.2, -0.15) is 0 Å². The van der Waals surface area contributed by atoms with E-state index in [0.717, 1.165) is 21.9 Å². The molecular weight excluding hydrogens is 380 g/mol. The predicted octanol–water partition coefficient (Wildman–Crippen LogP) is 5.12. The smallest absolute Gasteiger partial charge is 0.258 e. The topological polar surface area (TPSA) is 63.6 Å². The Labute approximate surface area is 171 Å². The number of aromatic amines is 1. The molecule has 0 aliphatic rings. The van der Waals surface area contributed by atoms with Gasteiger partial charge in [-0.15, -0.1) is 0 Å². The minimum atomic E-state index is -0.116. The van der Waals surface area contributed by atoms with Crippen LogP contribution in [0.4, 0.5) is 0 Å². The summed E-state index contributed by atoms with van der Waals surface area (Å²) in [6, 6.07) is 25.7. The zero-order valence-corrected chi connectivity index (χ0v) is 16.6. The van der Waals surface area contributed by atoms with Crippen molar-refractivity contribution in [3.8, 4) is 5.69 Å². The average molecular weight is 398 g/mol. The maximum Gasteiger partial charge on any atom is 0.258 e. The Hall–Kier alpha value is -3.38. The van der Waals surface area contributed by atoms with E-state index in [9.17, 15) is 4.79 Å². The van der Waals surface area contributed by atoms with Gasteiger partial charge in [-0.1, -0.05) is 54.2 Å². The number of hydrogen-bond acceptors (Lipinski definition) is 4. The Morgan fingerprint density at radius 2 is 1.55 bits per heavy atom. The molecule has 0 radical (unpaired) electrons. The summed E-state index contributed by atoms with van der Waals surface area (Å²) in [6.07, 6.45) is 0. The standard InChI is InChI=1S/C23H18N4OS/c1-15(21-24-18-12-6-5-11-17(18)22(28)26-21)29-23-25-19-13-7-8-14-20(19)27(23)16-9-3-2-4-10-16/h2-15H,1H3,(H,24,26,28)/t15-/m0/s1. The number of rotatable bonds is 4. The molecular formula is C23H18N4OS. The van der Waals surface area contributed by atoms with Gasteiger partial charge in [-0.25, -0.2) is 9.97 Å². The van der Waals surface area contributed by atoms with Crippen molar-refractivity contribution in [3.05, 3.63) is 95.0 Å². The molecule has 5 nitrogen and oxygen atoms in total. The second kappa shape index (κ2) is 7.22. The molecule has 0 aliphatic heterocycles. The van der Waals surface area contributed by atoms with Gasteiger partial charge in [0.1, 0.15) is 5.82 Å². The SMILES string of the molecule is C[C@H](Sc1nc2ccccc2n1-c1ccccc1)c1nc2ccccc2c(=O)[nH]1. The Morgan fingerprint density at radius 3 is 2.38 bits per heavy atom. The van der Waals surface area contributed by atoms with Crippen molar-refractivity contribution >= 4 is 33.7 Å². The summed E-state index contributed by atoms with van der Waals surface area (Å²) in [5, 5.41) is 1.39. The van der Waals surface area contributed by atoms with Crippen LogP contribution >= 0.6 is 11.8 Å². The maximum atomic E-state index is 12.5. The van der Waals surface area contributed by atoms with E-state index in [-0.39, 0.29) is 10.8 Å². The molecule has 0 fully saturated rings. The molecule has 0 unspecified atom stereocenters. The van der Waals surface area contributed by atoms with E-state index >= 15 is 0 Å². The number of imidazole rings is 1. The first-order chi connectivity index (χ1) is 14.2. The summed E-state index contributed by atoms with van der Waals surface area (Å²) < 4.78 is 2.15. The fraction of sp³-hybridized carbons (Fsp3) is 0.0870. The largest absolute Gasteiger partial charge is 0.309 e. The van der Waals surface area contributed by atoms with Crippen LogP contribution in [0.5, 0.6) is 0 Å². The molecule has 29 heavy (non-hydrogen) atoms. The van der Waals surface area contributed by atoms with E-state index in [2.05, 4.69) is 32.7 Å². The Morgan fingerprint density at radius 1 is 0.862 bits per heavy atom. The monoisotopic (exact) mass is 398 g/mol. The Kier molecular flexibility index (Phi) is 4.41. The molecule has 2 heterocycles. The lowest BCUT2D eigenvalue weighted by atomic mass is 10.2. The number of nitrogens with one attached hydrogen (secondary N) is 1. The summed E-state index contributed by atoms with van der Waals surface area (Å²) in [6.45, 7) is 2.03. The summed E-state index contributed by atoms with van der Waals surface area (Å²) in [5.74, 6) is 0.644. The fourth-order valence-electron chi connectivity index (χ4n) is 3.42. The van der Waals surface area contributed by atoms with E-state index in [1.54, 1.807) is 17.8 Å². The van der Waals surface area contributed by atoms with Gasteiger partial charge < -0.3 is 4.98 Å². The van der Waals surface area contributed by atoms with E-state index in [0.29, 0.717) is 16.7 Å². The fourth-order valence-corrected chi connectivity index (χ4v) is 4.42.